The summed E-state index contributed by atoms with van der Waals surface area (Å²) in [5, 5.41) is 0. The van der Waals surface area contributed by atoms with Gasteiger partial charge in [0.05, 0.1) is 0 Å². The number of aryl methyl sites for hydroxylation is 2. The molecule has 0 aliphatic heterocycles. The molecular formula is C9H11S. The van der Waals surface area contributed by atoms with Crippen molar-refractivity contribution in [2.75, 3.05) is 0 Å². The van der Waals surface area contributed by atoms with Crippen LogP contribution in [0.5, 0.6) is 0 Å². The minimum Gasteiger partial charge on any atom is -0.143 e. The van der Waals surface area contributed by atoms with Crippen molar-refractivity contribution in [3.05, 3.63) is 28.8 Å². The van der Waals surface area contributed by atoms with Crippen LogP contribution < -0.4 is 0 Å². The zero-order valence-corrected chi connectivity index (χ0v) is 7.42. The SMILES string of the molecule is Cc1[c]c(C)c(C)c(S)c1. The van der Waals surface area contributed by atoms with Crippen LogP contribution in [0, 0.1) is 26.8 Å². The molecule has 0 fully saturated rings. The lowest BCUT2D eigenvalue weighted by molar-refractivity contribution is 1.20. The van der Waals surface area contributed by atoms with Crippen molar-refractivity contribution in [3.8, 4) is 0 Å². The van der Waals surface area contributed by atoms with E-state index < -0.39 is 0 Å². The Bertz CT molecular complexity index is 228. The fourth-order valence-corrected chi connectivity index (χ4v) is 1.29. The van der Waals surface area contributed by atoms with Gasteiger partial charge in [-0.15, -0.1) is 12.6 Å². The minimum atomic E-state index is 1.06. The molecule has 0 N–H and O–H groups in total. The van der Waals surface area contributed by atoms with Gasteiger partial charge in [0.15, 0.2) is 0 Å². The first-order valence-electron chi connectivity index (χ1n) is 3.30. The van der Waals surface area contributed by atoms with Crippen molar-refractivity contribution in [2.24, 2.45) is 0 Å². The van der Waals surface area contributed by atoms with Crippen molar-refractivity contribution in [2.45, 2.75) is 25.7 Å². The molecule has 1 aromatic carbocycles. The van der Waals surface area contributed by atoms with Crippen molar-refractivity contribution in [3.63, 3.8) is 0 Å². The van der Waals surface area contributed by atoms with Gasteiger partial charge in [0.2, 0.25) is 0 Å². The summed E-state index contributed by atoms with van der Waals surface area (Å²) in [7, 11) is 0. The summed E-state index contributed by atoms with van der Waals surface area (Å²) in [4.78, 5) is 1.06. The molecule has 0 unspecified atom stereocenters. The molecule has 0 aliphatic rings. The first kappa shape index (κ1) is 7.67. The molecule has 0 spiro atoms. The lowest BCUT2D eigenvalue weighted by Gasteiger charge is -2.03. The molecule has 0 heterocycles. The largest absolute Gasteiger partial charge is 0.143 e. The lowest BCUT2D eigenvalue weighted by atomic mass is 10.1. The van der Waals surface area contributed by atoms with Gasteiger partial charge in [-0.05, 0) is 49.6 Å². The average Bonchev–Trinajstić information content (AvgIpc) is 1.82. The van der Waals surface area contributed by atoms with Gasteiger partial charge in [0.25, 0.3) is 0 Å². The van der Waals surface area contributed by atoms with Crippen molar-refractivity contribution in [1.29, 1.82) is 0 Å². The Morgan fingerprint density at radius 1 is 1.30 bits per heavy atom. The van der Waals surface area contributed by atoms with E-state index in [0.717, 1.165) is 10.5 Å². The summed E-state index contributed by atoms with van der Waals surface area (Å²) in [5.41, 5.74) is 3.59. The second kappa shape index (κ2) is 2.67. The Morgan fingerprint density at radius 2 is 1.90 bits per heavy atom. The van der Waals surface area contributed by atoms with Crippen LogP contribution >= 0.6 is 12.6 Å². The molecule has 1 radical (unpaired) electrons. The molecule has 0 nitrogen and oxygen atoms in total. The molecule has 1 aromatic rings. The zero-order chi connectivity index (χ0) is 7.72. The maximum absolute atomic E-state index is 4.32. The quantitative estimate of drug-likeness (QED) is 0.541. The molecular weight excluding hydrogens is 140 g/mol. The van der Waals surface area contributed by atoms with Gasteiger partial charge in [-0.3, -0.25) is 0 Å². The van der Waals surface area contributed by atoms with Crippen LogP contribution in [-0.4, -0.2) is 0 Å². The van der Waals surface area contributed by atoms with E-state index >= 15 is 0 Å². The highest BCUT2D eigenvalue weighted by Crippen LogP contribution is 2.17. The summed E-state index contributed by atoms with van der Waals surface area (Å²) >= 11 is 4.32. The third kappa shape index (κ3) is 1.35. The van der Waals surface area contributed by atoms with E-state index in [-0.39, 0.29) is 0 Å². The third-order valence-electron chi connectivity index (χ3n) is 1.68. The maximum atomic E-state index is 4.32. The Labute approximate surface area is 67.7 Å². The summed E-state index contributed by atoms with van der Waals surface area (Å²) in [6.07, 6.45) is 0. The fraction of sp³-hybridized carbons (Fsp3) is 0.333. The van der Waals surface area contributed by atoms with E-state index in [0.29, 0.717) is 0 Å². The minimum absolute atomic E-state index is 1.06. The van der Waals surface area contributed by atoms with Crippen LogP contribution in [0.25, 0.3) is 0 Å². The summed E-state index contributed by atoms with van der Waals surface area (Å²) < 4.78 is 0. The molecule has 0 amide bonds. The molecule has 0 aliphatic carbocycles. The molecule has 0 atom stereocenters. The van der Waals surface area contributed by atoms with Crippen LogP contribution in [0.3, 0.4) is 0 Å². The van der Waals surface area contributed by atoms with E-state index in [2.05, 4.69) is 32.5 Å². The highest BCUT2D eigenvalue weighted by molar-refractivity contribution is 7.80. The number of thiol groups is 1. The van der Waals surface area contributed by atoms with Gasteiger partial charge in [0.1, 0.15) is 0 Å². The van der Waals surface area contributed by atoms with E-state index in [4.69, 9.17) is 0 Å². The predicted octanol–water partition coefficient (Wildman–Crippen LogP) is 2.70. The molecule has 0 bridgehead atoms. The number of hydrogen-bond donors (Lipinski definition) is 1. The molecule has 1 heteroatoms. The Balaban J connectivity index is 3.31. The predicted molar refractivity (Wildman–Crippen MR) is 46.7 cm³/mol. The van der Waals surface area contributed by atoms with Gasteiger partial charge >= 0.3 is 0 Å². The lowest BCUT2D eigenvalue weighted by Crippen LogP contribution is -1.85. The van der Waals surface area contributed by atoms with Crippen LogP contribution in [0.4, 0.5) is 0 Å². The van der Waals surface area contributed by atoms with Crippen molar-refractivity contribution >= 4 is 12.6 Å². The molecule has 10 heavy (non-hydrogen) atoms. The van der Waals surface area contributed by atoms with Crippen LogP contribution in [0.1, 0.15) is 16.7 Å². The Kier molecular flexibility index (Phi) is 2.05. The van der Waals surface area contributed by atoms with Crippen LogP contribution in [-0.2, 0) is 0 Å². The first-order chi connectivity index (χ1) is 4.61. The molecule has 0 saturated carbocycles. The number of benzene rings is 1. The maximum Gasteiger partial charge on any atom is 0.00749 e. The van der Waals surface area contributed by atoms with Gasteiger partial charge in [-0.2, -0.15) is 0 Å². The van der Waals surface area contributed by atoms with Gasteiger partial charge < -0.3 is 0 Å². The number of hydrogen-bond acceptors (Lipinski definition) is 1. The van der Waals surface area contributed by atoms with Crippen LogP contribution in [0.15, 0.2) is 11.0 Å². The van der Waals surface area contributed by atoms with E-state index in [1.54, 1.807) is 0 Å². The highest BCUT2D eigenvalue weighted by atomic mass is 32.1. The van der Waals surface area contributed by atoms with Crippen molar-refractivity contribution in [1.82, 2.24) is 0 Å². The Hall–Kier alpha value is -0.430. The smallest absolute Gasteiger partial charge is 0.00749 e. The highest BCUT2D eigenvalue weighted by Gasteiger charge is 1.97. The van der Waals surface area contributed by atoms with Crippen LogP contribution in [0.2, 0.25) is 0 Å². The molecule has 0 saturated heterocycles. The monoisotopic (exact) mass is 151 g/mol. The summed E-state index contributed by atoms with van der Waals surface area (Å²) in [6, 6.07) is 5.26. The first-order valence-corrected chi connectivity index (χ1v) is 3.75. The van der Waals surface area contributed by atoms with Crippen molar-refractivity contribution < 1.29 is 0 Å². The average molecular weight is 151 g/mol. The van der Waals surface area contributed by atoms with Gasteiger partial charge in [-0.1, -0.05) is 0 Å². The standard InChI is InChI=1S/C9H11S/c1-6-4-7(2)8(3)9(10)5-6/h5,10H,1-3H3. The molecule has 1 rings (SSSR count). The fourth-order valence-electron chi connectivity index (χ4n) is 0.931. The Morgan fingerprint density at radius 3 is 2.40 bits per heavy atom. The van der Waals surface area contributed by atoms with E-state index in [9.17, 15) is 0 Å². The zero-order valence-electron chi connectivity index (χ0n) is 6.52. The van der Waals surface area contributed by atoms with Gasteiger partial charge in [-0.25, -0.2) is 0 Å². The summed E-state index contributed by atoms with van der Waals surface area (Å²) in [6.45, 7) is 6.15. The second-order valence-electron chi connectivity index (χ2n) is 2.59. The second-order valence-corrected chi connectivity index (χ2v) is 3.07. The van der Waals surface area contributed by atoms with E-state index in [1.165, 1.54) is 11.1 Å². The summed E-state index contributed by atoms with van der Waals surface area (Å²) in [5.74, 6) is 0. The topological polar surface area (TPSA) is 0 Å². The molecule has 0 aromatic heterocycles. The normalized spacial score (nSPS) is 10.0. The van der Waals surface area contributed by atoms with E-state index in [1.807, 2.05) is 13.0 Å². The number of rotatable bonds is 0. The molecule has 53 valence electrons. The van der Waals surface area contributed by atoms with Gasteiger partial charge in [0, 0.05) is 4.90 Å². The third-order valence-corrected chi connectivity index (χ3v) is 2.15.